The van der Waals surface area contributed by atoms with Crippen LogP contribution in [0.4, 0.5) is 0 Å². The van der Waals surface area contributed by atoms with Crippen LogP contribution in [0.25, 0.3) is 11.0 Å². The van der Waals surface area contributed by atoms with Gasteiger partial charge in [-0.15, -0.1) is 0 Å². The minimum Gasteiger partial charge on any atom is -0.480 e. The van der Waals surface area contributed by atoms with Gasteiger partial charge in [0.05, 0.1) is 19.9 Å². The molecule has 0 saturated carbocycles. The third-order valence-electron chi connectivity index (χ3n) is 2.87. The highest BCUT2D eigenvalue weighted by Gasteiger charge is 2.11. The maximum absolute atomic E-state index is 6.15. The number of benzene rings is 1. The van der Waals surface area contributed by atoms with Crippen LogP contribution in [0.3, 0.4) is 0 Å². The number of methoxy groups -OCH3 is 1. The van der Waals surface area contributed by atoms with Crippen LogP contribution < -0.4 is 4.74 Å². The van der Waals surface area contributed by atoms with Gasteiger partial charge < -0.3 is 4.74 Å². The molecule has 0 aliphatic heterocycles. The molecular formula is C13H11ClN4O. The van der Waals surface area contributed by atoms with E-state index in [2.05, 4.69) is 15.1 Å². The zero-order valence-electron chi connectivity index (χ0n) is 10.2. The lowest BCUT2D eigenvalue weighted by Crippen LogP contribution is -2.03. The van der Waals surface area contributed by atoms with Crippen LogP contribution in [0.5, 0.6) is 5.88 Å². The predicted octanol–water partition coefficient (Wildman–Crippen LogP) is 2.54. The van der Waals surface area contributed by atoms with Crippen molar-refractivity contribution in [2.45, 2.75) is 6.54 Å². The van der Waals surface area contributed by atoms with Gasteiger partial charge in [0.15, 0.2) is 5.65 Å². The molecule has 0 fully saturated rings. The van der Waals surface area contributed by atoms with E-state index in [4.69, 9.17) is 16.3 Å². The second-order valence-electron chi connectivity index (χ2n) is 4.01. The third-order valence-corrected chi connectivity index (χ3v) is 3.24. The molecule has 0 unspecified atom stereocenters. The lowest BCUT2D eigenvalue weighted by Gasteiger charge is -2.05. The highest BCUT2D eigenvalue weighted by molar-refractivity contribution is 6.31. The topological polar surface area (TPSA) is 52.8 Å². The Morgan fingerprint density at radius 2 is 2.11 bits per heavy atom. The normalized spacial score (nSPS) is 10.8. The summed E-state index contributed by atoms with van der Waals surface area (Å²) in [6.45, 7) is 0.559. The number of rotatable bonds is 3. The van der Waals surface area contributed by atoms with Gasteiger partial charge in [-0.05, 0) is 11.6 Å². The number of aromatic nitrogens is 4. The molecule has 2 aromatic heterocycles. The monoisotopic (exact) mass is 274 g/mol. The molecule has 0 spiro atoms. The Morgan fingerprint density at radius 3 is 2.89 bits per heavy atom. The molecule has 0 aliphatic rings. The fourth-order valence-corrected chi connectivity index (χ4v) is 2.13. The molecule has 96 valence electrons. The number of hydrogen-bond donors (Lipinski definition) is 0. The fraction of sp³-hybridized carbons (Fsp3) is 0.154. The number of ether oxygens (including phenoxy) is 1. The van der Waals surface area contributed by atoms with Crippen molar-refractivity contribution in [1.82, 2.24) is 19.7 Å². The average Bonchev–Trinajstić information content (AvgIpc) is 2.84. The Bertz CT molecular complexity index is 725. The van der Waals surface area contributed by atoms with Crippen molar-refractivity contribution < 1.29 is 4.74 Å². The molecule has 3 rings (SSSR count). The third kappa shape index (κ3) is 2.13. The average molecular weight is 275 g/mol. The van der Waals surface area contributed by atoms with Crippen molar-refractivity contribution in [3.8, 4) is 5.88 Å². The van der Waals surface area contributed by atoms with Crippen molar-refractivity contribution in [3.63, 3.8) is 0 Å². The van der Waals surface area contributed by atoms with E-state index in [-0.39, 0.29) is 0 Å². The van der Waals surface area contributed by atoms with Crippen LogP contribution in [0.2, 0.25) is 5.02 Å². The van der Waals surface area contributed by atoms with Gasteiger partial charge in [0.25, 0.3) is 0 Å². The minimum atomic E-state index is 0.524. The van der Waals surface area contributed by atoms with Crippen molar-refractivity contribution in [2.24, 2.45) is 0 Å². The number of nitrogens with zero attached hydrogens (tertiary/aromatic N) is 4. The zero-order chi connectivity index (χ0) is 13.2. The molecule has 1 aromatic carbocycles. The highest BCUT2D eigenvalue weighted by Crippen LogP contribution is 2.22. The minimum absolute atomic E-state index is 0.524. The second-order valence-corrected chi connectivity index (χ2v) is 4.42. The van der Waals surface area contributed by atoms with E-state index in [9.17, 15) is 0 Å². The summed E-state index contributed by atoms with van der Waals surface area (Å²) < 4.78 is 6.96. The lowest BCUT2D eigenvalue weighted by molar-refractivity contribution is 0.402. The first-order valence-corrected chi connectivity index (χ1v) is 6.11. The first-order chi connectivity index (χ1) is 9.29. The van der Waals surface area contributed by atoms with E-state index in [1.807, 2.05) is 24.3 Å². The predicted molar refractivity (Wildman–Crippen MR) is 72.4 cm³/mol. The first kappa shape index (κ1) is 11.9. The van der Waals surface area contributed by atoms with Crippen LogP contribution in [-0.4, -0.2) is 26.9 Å². The molecule has 6 heteroatoms. The number of fused-ring (bicyclic) bond motifs is 1. The van der Waals surface area contributed by atoms with Gasteiger partial charge in [-0.3, -0.25) is 0 Å². The molecule has 0 N–H and O–H groups in total. The van der Waals surface area contributed by atoms with Crippen LogP contribution in [0.1, 0.15) is 5.56 Å². The highest BCUT2D eigenvalue weighted by atomic mass is 35.5. The van der Waals surface area contributed by atoms with Crippen LogP contribution in [0, 0.1) is 0 Å². The van der Waals surface area contributed by atoms with Gasteiger partial charge in [-0.2, -0.15) is 5.10 Å². The quantitative estimate of drug-likeness (QED) is 0.736. The largest absolute Gasteiger partial charge is 0.480 e. The Kier molecular flexibility index (Phi) is 3.05. The Labute approximate surface area is 114 Å². The molecule has 0 atom stereocenters. The summed E-state index contributed by atoms with van der Waals surface area (Å²) >= 11 is 6.15. The molecule has 19 heavy (non-hydrogen) atoms. The summed E-state index contributed by atoms with van der Waals surface area (Å²) in [6, 6.07) is 7.67. The zero-order valence-corrected chi connectivity index (χ0v) is 11.0. The van der Waals surface area contributed by atoms with Gasteiger partial charge in [0, 0.05) is 5.02 Å². The summed E-state index contributed by atoms with van der Waals surface area (Å²) in [4.78, 5) is 8.29. The molecule has 0 amide bonds. The number of hydrogen-bond acceptors (Lipinski definition) is 4. The molecule has 2 heterocycles. The molecule has 0 radical (unpaired) electrons. The first-order valence-electron chi connectivity index (χ1n) is 5.73. The Balaban J connectivity index is 2.05. The van der Waals surface area contributed by atoms with E-state index in [0.29, 0.717) is 17.4 Å². The maximum Gasteiger partial charge on any atom is 0.227 e. The molecule has 0 saturated heterocycles. The number of halogens is 1. The summed E-state index contributed by atoms with van der Waals surface area (Å²) in [7, 11) is 1.58. The fourth-order valence-electron chi connectivity index (χ4n) is 1.94. The van der Waals surface area contributed by atoms with Crippen molar-refractivity contribution in [2.75, 3.05) is 7.11 Å². The van der Waals surface area contributed by atoms with E-state index >= 15 is 0 Å². The van der Waals surface area contributed by atoms with E-state index in [1.165, 1.54) is 6.33 Å². The van der Waals surface area contributed by atoms with Crippen LogP contribution in [0.15, 0.2) is 36.8 Å². The van der Waals surface area contributed by atoms with Crippen molar-refractivity contribution >= 4 is 22.6 Å². The van der Waals surface area contributed by atoms with Crippen LogP contribution >= 0.6 is 11.6 Å². The SMILES string of the molecule is COc1ncnc2c1cnn2Cc1ccccc1Cl. The van der Waals surface area contributed by atoms with Gasteiger partial charge in [-0.1, -0.05) is 29.8 Å². The molecule has 3 aromatic rings. The molecular weight excluding hydrogens is 264 g/mol. The van der Waals surface area contributed by atoms with Crippen LogP contribution in [-0.2, 0) is 6.54 Å². The summed E-state index contributed by atoms with van der Waals surface area (Å²) in [5, 5.41) is 5.82. The Hall–Kier alpha value is -2.14. The standard InChI is InChI=1S/C13H11ClN4O/c1-19-13-10-6-17-18(12(10)15-8-16-13)7-9-4-2-3-5-11(9)14/h2-6,8H,7H2,1H3. The molecule has 0 aliphatic carbocycles. The van der Waals surface area contributed by atoms with Crippen molar-refractivity contribution in [3.05, 3.63) is 47.4 Å². The Morgan fingerprint density at radius 1 is 1.26 bits per heavy atom. The smallest absolute Gasteiger partial charge is 0.227 e. The summed E-state index contributed by atoms with van der Waals surface area (Å²) in [5.74, 6) is 0.524. The molecule has 5 nitrogen and oxygen atoms in total. The van der Waals surface area contributed by atoms with Gasteiger partial charge >= 0.3 is 0 Å². The summed E-state index contributed by atoms with van der Waals surface area (Å²) in [5.41, 5.74) is 1.72. The van der Waals surface area contributed by atoms with Gasteiger partial charge in [0.1, 0.15) is 11.7 Å². The molecule has 0 bridgehead atoms. The van der Waals surface area contributed by atoms with E-state index in [0.717, 1.165) is 16.6 Å². The van der Waals surface area contributed by atoms with Gasteiger partial charge in [-0.25, -0.2) is 14.6 Å². The van der Waals surface area contributed by atoms with E-state index in [1.54, 1.807) is 18.0 Å². The van der Waals surface area contributed by atoms with E-state index < -0.39 is 0 Å². The lowest BCUT2D eigenvalue weighted by atomic mass is 10.2. The second kappa shape index (κ2) is 4.85. The summed E-state index contributed by atoms with van der Waals surface area (Å²) in [6.07, 6.45) is 3.16. The maximum atomic E-state index is 6.15. The van der Waals surface area contributed by atoms with Gasteiger partial charge in [0.2, 0.25) is 5.88 Å². The van der Waals surface area contributed by atoms with Crippen molar-refractivity contribution in [1.29, 1.82) is 0 Å².